The van der Waals surface area contributed by atoms with Crippen LogP contribution in [-0.2, 0) is 4.79 Å². The van der Waals surface area contributed by atoms with Gasteiger partial charge >= 0.3 is 0 Å². The van der Waals surface area contributed by atoms with Gasteiger partial charge in [-0.25, -0.2) is 9.07 Å². The van der Waals surface area contributed by atoms with Gasteiger partial charge in [-0.15, -0.1) is 5.10 Å². The van der Waals surface area contributed by atoms with Gasteiger partial charge < -0.3 is 10.6 Å². The number of halogens is 2. The van der Waals surface area contributed by atoms with Crippen LogP contribution in [0.4, 0.5) is 10.1 Å². The molecule has 0 fully saturated rings. The Bertz CT molecular complexity index is 1030. The van der Waals surface area contributed by atoms with E-state index in [1.807, 2.05) is 6.26 Å². The second-order valence-electron chi connectivity index (χ2n) is 6.20. The molecule has 0 aliphatic heterocycles. The number of aromatic nitrogens is 4. The lowest BCUT2D eigenvalue weighted by Crippen LogP contribution is -2.44. The van der Waals surface area contributed by atoms with Gasteiger partial charge in [0, 0.05) is 0 Å². The number of carbonyl (C=O) groups excluding carboxylic acids is 2. The number of hydrogen-bond acceptors (Lipinski definition) is 6. The number of anilines is 1. The fraction of sp³-hybridized carbons (Fsp3) is 0.211. The van der Waals surface area contributed by atoms with Crippen molar-refractivity contribution >= 4 is 40.9 Å². The normalized spacial score (nSPS) is 11.7. The van der Waals surface area contributed by atoms with Crippen LogP contribution < -0.4 is 10.6 Å². The number of rotatable bonds is 8. The first kappa shape index (κ1) is 21.7. The van der Waals surface area contributed by atoms with Crippen LogP contribution in [0, 0.1) is 5.82 Å². The minimum Gasteiger partial charge on any atom is -0.340 e. The number of hydrogen-bond donors (Lipinski definition) is 2. The predicted molar refractivity (Wildman–Crippen MR) is 113 cm³/mol. The lowest BCUT2D eigenvalue weighted by atomic mass is 10.1. The summed E-state index contributed by atoms with van der Waals surface area (Å²) in [5.41, 5.74) is 0.680. The molecule has 0 radical (unpaired) electrons. The molecule has 1 heterocycles. The molecule has 11 heteroatoms. The molecule has 1 atom stereocenters. The van der Waals surface area contributed by atoms with Gasteiger partial charge in [-0.3, -0.25) is 9.59 Å². The van der Waals surface area contributed by atoms with Gasteiger partial charge in [-0.05, 0) is 59.2 Å². The summed E-state index contributed by atoms with van der Waals surface area (Å²) in [6, 6.07) is 9.75. The summed E-state index contributed by atoms with van der Waals surface area (Å²) in [5, 5.41) is 16.3. The first-order valence-corrected chi connectivity index (χ1v) is 10.6. The van der Waals surface area contributed by atoms with E-state index >= 15 is 0 Å². The fourth-order valence-corrected chi connectivity index (χ4v) is 3.33. The van der Waals surface area contributed by atoms with Gasteiger partial charge in [0.25, 0.3) is 5.91 Å². The molecular weight excluding hydrogens is 431 g/mol. The van der Waals surface area contributed by atoms with E-state index in [4.69, 9.17) is 11.6 Å². The van der Waals surface area contributed by atoms with Crippen molar-refractivity contribution in [1.29, 1.82) is 0 Å². The molecule has 3 aromatic rings. The van der Waals surface area contributed by atoms with Crippen molar-refractivity contribution in [2.75, 3.05) is 17.3 Å². The van der Waals surface area contributed by atoms with Crippen LogP contribution in [0.2, 0.25) is 5.02 Å². The smallest absolute Gasteiger partial charge is 0.253 e. The van der Waals surface area contributed by atoms with Crippen molar-refractivity contribution in [3.8, 4) is 5.69 Å². The van der Waals surface area contributed by atoms with E-state index in [0.717, 1.165) is 0 Å². The van der Waals surface area contributed by atoms with Crippen molar-refractivity contribution < 1.29 is 14.0 Å². The molecule has 2 N–H and O–H groups in total. The summed E-state index contributed by atoms with van der Waals surface area (Å²) in [4.78, 5) is 25.4. The zero-order chi connectivity index (χ0) is 21.5. The third kappa shape index (κ3) is 5.33. The quantitative estimate of drug-likeness (QED) is 0.549. The maximum absolute atomic E-state index is 14.3. The zero-order valence-corrected chi connectivity index (χ0v) is 17.5. The van der Waals surface area contributed by atoms with Gasteiger partial charge in [0.1, 0.15) is 18.2 Å². The van der Waals surface area contributed by atoms with Crippen LogP contribution in [0.1, 0.15) is 16.8 Å². The molecule has 2 aromatic carbocycles. The van der Waals surface area contributed by atoms with Gasteiger partial charge in [-0.1, -0.05) is 23.7 Å². The first-order valence-electron chi connectivity index (χ1n) is 8.87. The summed E-state index contributed by atoms with van der Waals surface area (Å²) in [6.07, 6.45) is 3.60. The number of nitrogens with one attached hydrogen (secondary N) is 2. The molecule has 0 aliphatic rings. The molecule has 8 nitrogen and oxygen atoms in total. The van der Waals surface area contributed by atoms with E-state index in [-0.39, 0.29) is 16.3 Å². The molecule has 0 bridgehead atoms. The first-order chi connectivity index (χ1) is 14.5. The van der Waals surface area contributed by atoms with Crippen LogP contribution in [-0.4, -0.2) is 50.1 Å². The summed E-state index contributed by atoms with van der Waals surface area (Å²) in [5.74, 6) is -1.03. The van der Waals surface area contributed by atoms with Crippen molar-refractivity contribution in [3.63, 3.8) is 0 Å². The Balaban J connectivity index is 1.78. The second-order valence-corrected chi connectivity index (χ2v) is 7.59. The summed E-state index contributed by atoms with van der Waals surface area (Å²) in [6.45, 7) is 0. The average molecular weight is 449 g/mol. The van der Waals surface area contributed by atoms with Crippen molar-refractivity contribution in [1.82, 2.24) is 25.5 Å². The molecule has 1 unspecified atom stereocenters. The summed E-state index contributed by atoms with van der Waals surface area (Å²) in [7, 11) is 0. The Labute approximate surface area is 181 Å². The molecule has 0 aliphatic carbocycles. The molecule has 30 heavy (non-hydrogen) atoms. The average Bonchev–Trinajstić information content (AvgIpc) is 3.27. The van der Waals surface area contributed by atoms with E-state index < -0.39 is 23.7 Å². The Kier molecular flexibility index (Phi) is 7.36. The highest BCUT2D eigenvalue weighted by Crippen LogP contribution is 2.20. The molecule has 2 amide bonds. The number of thioether (sulfide) groups is 1. The number of amides is 2. The predicted octanol–water partition coefficient (Wildman–Crippen LogP) is 2.95. The number of nitrogens with zero attached hydrogens (tertiary/aromatic N) is 4. The lowest BCUT2D eigenvalue weighted by molar-refractivity contribution is -0.118. The third-order valence-corrected chi connectivity index (χ3v) is 5.15. The standard InChI is InChI=1S/C19H18ClFN6O2S/c1-30-9-8-16(23-18(28)13-4-2-3-5-14(13)20)19(29)24-17-10-12(6-7-15(17)21)27-11-22-25-26-27/h2-7,10-11,16H,8-9H2,1H3,(H,23,28)(H,24,29). The largest absolute Gasteiger partial charge is 0.340 e. The SMILES string of the molecule is CSCCC(NC(=O)c1ccccc1Cl)C(=O)Nc1cc(-n2cnnn2)ccc1F. The van der Waals surface area contributed by atoms with Crippen LogP contribution in [0.25, 0.3) is 5.69 Å². The maximum atomic E-state index is 14.3. The highest BCUT2D eigenvalue weighted by Gasteiger charge is 2.23. The summed E-state index contributed by atoms with van der Waals surface area (Å²) < 4.78 is 15.6. The highest BCUT2D eigenvalue weighted by atomic mass is 35.5. The monoisotopic (exact) mass is 448 g/mol. The number of tetrazole rings is 1. The van der Waals surface area contributed by atoms with Crippen molar-refractivity contribution in [2.24, 2.45) is 0 Å². The molecule has 3 rings (SSSR count). The molecule has 1 aromatic heterocycles. The number of carbonyl (C=O) groups is 2. The lowest BCUT2D eigenvalue weighted by Gasteiger charge is -2.19. The molecule has 0 saturated heterocycles. The Morgan fingerprint density at radius 1 is 1.27 bits per heavy atom. The van der Waals surface area contributed by atoms with Crippen LogP contribution in [0.15, 0.2) is 48.8 Å². The van der Waals surface area contributed by atoms with Gasteiger partial charge in [-0.2, -0.15) is 11.8 Å². The number of benzene rings is 2. The Hall–Kier alpha value is -2.98. The Morgan fingerprint density at radius 3 is 2.77 bits per heavy atom. The maximum Gasteiger partial charge on any atom is 0.253 e. The molecule has 0 saturated carbocycles. The van der Waals surface area contributed by atoms with Gasteiger partial charge in [0.15, 0.2) is 0 Å². The molecular formula is C19H18ClFN6O2S. The fourth-order valence-electron chi connectivity index (χ4n) is 2.64. The highest BCUT2D eigenvalue weighted by molar-refractivity contribution is 7.98. The van der Waals surface area contributed by atoms with Gasteiger partial charge in [0.05, 0.1) is 22.0 Å². The Morgan fingerprint density at radius 2 is 2.07 bits per heavy atom. The van der Waals surface area contributed by atoms with E-state index in [2.05, 4.69) is 26.2 Å². The van der Waals surface area contributed by atoms with Crippen LogP contribution in [0.5, 0.6) is 0 Å². The molecule has 0 spiro atoms. The van der Waals surface area contributed by atoms with Crippen LogP contribution >= 0.6 is 23.4 Å². The summed E-state index contributed by atoms with van der Waals surface area (Å²) >= 11 is 7.60. The van der Waals surface area contributed by atoms with Gasteiger partial charge in [0.2, 0.25) is 5.91 Å². The van der Waals surface area contributed by atoms with E-state index in [1.54, 1.807) is 24.3 Å². The van der Waals surface area contributed by atoms with Crippen molar-refractivity contribution in [3.05, 3.63) is 65.2 Å². The van der Waals surface area contributed by atoms with E-state index in [9.17, 15) is 14.0 Å². The third-order valence-electron chi connectivity index (χ3n) is 4.17. The van der Waals surface area contributed by atoms with E-state index in [1.165, 1.54) is 41.0 Å². The molecule has 156 valence electrons. The van der Waals surface area contributed by atoms with E-state index in [0.29, 0.717) is 17.9 Å². The zero-order valence-electron chi connectivity index (χ0n) is 15.9. The minimum atomic E-state index is -0.877. The topological polar surface area (TPSA) is 102 Å². The second kappa shape index (κ2) is 10.2. The van der Waals surface area contributed by atoms with Crippen LogP contribution in [0.3, 0.4) is 0 Å². The van der Waals surface area contributed by atoms with Crippen molar-refractivity contribution in [2.45, 2.75) is 12.5 Å². The minimum absolute atomic E-state index is 0.0471.